The number of nitrogens with zero attached hydrogens (tertiary/aromatic N) is 3. The van der Waals surface area contributed by atoms with Gasteiger partial charge in [-0.15, -0.1) is 12.4 Å². The van der Waals surface area contributed by atoms with Crippen LogP contribution in [0, 0.1) is 5.82 Å². The molecule has 0 bridgehead atoms. The Bertz CT molecular complexity index is 935. The lowest BCUT2D eigenvalue weighted by atomic mass is 10.3. The number of likely N-dealkylation sites (N-methyl/N-ethyl adjacent to an activating group) is 1. The van der Waals surface area contributed by atoms with Crippen molar-refractivity contribution < 1.29 is 13.9 Å². The van der Waals surface area contributed by atoms with Crippen molar-refractivity contribution in [3.8, 4) is 5.75 Å². The number of hydrogen-bond acceptors (Lipinski definition) is 5. The number of para-hydroxylation sites is 2. The predicted molar refractivity (Wildman–Crippen MR) is 124 cm³/mol. The summed E-state index contributed by atoms with van der Waals surface area (Å²) in [6, 6.07) is 14.3. The summed E-state index contributed by atoms with van der Waals surface area (Å²) in [4.78, 5) is 21.3. The minimum atomic E-state index is -0.367. The predicted octanol–water partition coefficient (Wildman–Crippen LogP) is 5.00. The third kappa shape index (κ3) is 6.14. The van der Waals surface area contributed by atoms with Crippen LogP contribution in [0.15, 0.2) is 48.5 Å². The number of anilines is 1. The largest absolute Gasteiger partial charge is 0.493 e. The quantitative estimate of drug-likeness (QED) is 0.435. The zero-order valence-corrected chi connectivity index (χ0v) is 18.8. The minimum absolute atomic E-state index is 0. The smallest absolute Gasteiger partial charge is 0.232 e. The fourth-order valence-corrected chi connectivity index (χ4v) is 4.06. The van der Waals surface area contributed by atoms with Crippen molar-refractivity contribution in [2.75, 3.05) is 37.7 Å². The third-order valence-corrected chi connectivity index (χ3v) is 5.80. The maximum Gasteiger partial charge on any atom is 0.232 e. The molecule has 30 heavy (non-hydrogen) atoms. The van der Waals surface area contributed by atoms with E-state index in [4.69, 9.17) is 4.74 Å². The van der Waals surface area contributed by atoms with E-state index >= 15 is 0 Å². The van der Waals surface area contributed by atoms with Crippen LogP contribution in [0.5, 0.6) is 5.75 Å². The summed E-state index contributed by atoms with van der Waals surface area (Å²) in [6.07, 6.45) is 0.228. The second-order valence-electron chi connectivity index (χ2n) is 6.57. The Morgan fingerprint density at radius 2 is 1.80 bits per heavy atom. The topological polar surface area (TPSA) is 45.7 Å². The van der Waals surface area contributed by atoms with Gasteiger partial charge in [0.15, 0.2) is 5.13 Å². The summed E-state index contributed by atoms with van der Waals surface area (Å²) in [7, 11) is 0. The molecule has 0 aliphatic heterocycles. The van der Waals surface area contributed by atoms with Gasteiger partial charge < -0.3 is 9.64 Å². The number of carbonyl (C=O) groups is 1. The Balaban J connectivity index is 0.00000320. The van der Waals surface area contributed by atoms with Crippen LogP contribution in [0.2, 0.25) is 0 Å². The van der Waals surface area contributed by atoms with Crippen molar-refractivity contribution in [1.29, 1.82) is 0 Å². The lowest BCUT2D eigenvalue weighted by molar-refractivity contribution is -0.119. The molecule has 0 atom stereocenters. The molecule has 5 nitrogen and oxygen atoms in total. The first kappa shape index (κ1) is 24.1. The van der Waals surface area contributed by atoms with Gasteiger partial charge in [0, 0.05) is 13.1 Å². The molecule has 0 radical (unpaired) electrons. The second kappa shape index (κ2) is 11.8. The lowest BCUT2D eigenvalue weighted by Crippen LogP contribution is -2.39. The van der Waals surface area contributed by atoms with Gasteiger partial charge in [0.05, 0.1) is 17.7 Å². The summed E-state index contributed by atoms with van der Waals surface area (Å²) in [5, 5.41) is 0.530. The van der Waals surface area contributed by atoms with E-state index in [1.54, 1.807) is 11.0 Å². The number of thiazole rings is 1. The van der Waals surface area contributed by atoms with Crippen molar-refractivity contribution >= 4 is 45.0 Å². The molecule has 3 rings (SSSR count). The summed E-state index contributed by atoms with van der Waals surface area (Å²) >= 11 is 1.34. The highest BCUT2D eigenvalue weighted by atomic mass is 35.5. The molecule has 162 valence electrons. The highest BCUT2D eigenvalue weighted by Gasteiger charge is 2.21. The lowest BCUT2D eigenvalue weighted by Gasteiger charge is -2.24. The number of amides is 1. The molecular formula is C22H27ClFN3O2S. The minimum Gasteiger partial charge on any atom is -0.493 e. The molecular weight excluding hydrogens is 425 g/mol. The first-order valence-corrected chi connectivity index (χ1v) is 10.7. The zero-order valence-electron chi connectivity index (χ0n) is 17.2. The van der Waals surface area contributed by atoms with Crippen molar-refractivity contribution in [1.82, 2.24) is 9.88 Å². The van der Waals surface area contributed by atoms with Crippen molar-refractivity contribution in [2.45, 2.75) is 20.3 Å². The molecule has 3 aromatic rings. The van der Waals surface area contributed by atoms with E-state index in [2.05, 4.69) is 23.7 Å². The third-order valence-electron chi connectivity index (χ3n) is 4.75. The van der Waals surface area contributed by atoms with E-state index in [1.807, 2.05) is 36.4 Å². The molecule has 0 saturated heterocycles. The molecule has 2 aromatic carbocycles. The van der Waals surface area contributed by atoms with Gasteiger partial charge in [0.25, 0.3) is 0 Å². The fraction of sp³-hybridized carbons (Fsp3) is 0.364. The highest BCUT2D eigenvalue weighted by molar-refractivity contribution is 7.22. The molecule has 0 aliphatic carbocycles. The van der Waals surface area contributed by atoms with Crippen LogP contribution >= 0.6 is 23.7 Å². The Morgan fingerprint density at radius 1 is 1.07 bits per heavy atom. The molecule has 8 heteroatoms. The molecule has 0 unspecified atom stereocenters. The fourth-order valence-electron chi connectivity index (χ4n) is 3.03. The van der Waals surface area contributed by atoms with E-state index in [0.717, 1.165) is 30.1 Å². The number of halogens is 2. The number of fused-ring (bicyclic) bond motifs is 1. The van der Waals surface area contributed by atoms with E-state index in [9.17, 15) is 9.18 Å². The number of carbonyl (C=O) groups excluding carboxylic acids is 1. The van der Waals surface area contributed by atoms with Gasteiger partial charge in [0.1, 0.15) is 17.1 Å². The molecule has 0 aliphatic rings. The standard InChI is InChI=1S/C22H26FN3O2S.ClH/c1-3-25(4-2)14-15-26(20(27)13-16-28-17-9-6-5-7-10-17)22-24-21-18(23)11-8-12-19(21)29-22;/h5-12H,3-4,13-16H2,1-2H3;1H. The van der Waals surface area contributed by atoms with Crippen LogP contribution in [0.3, 0.4) is 0 Å². The van der Waals surface area contributed by atoms with Crippen LogP contribution in [0.4, 0.5) is 9.52 Å². The van der Waals surface area contributed by atoms with E-state index in [-0.39, 0.29) is 37.2 Å². The van der Waals surface area contributed by atoms with Crippen LogP contribution < -0.4 is 9.64 Å². The normalized spacial score (nSPS) is 10.8. The zero-order chi connectivity index (χ0) is 20.6. The summed E-state index contributed by atoms with van der Waals surface area (Å²) in [5.74, 6) is 0.290. The summed E-state index contributed by atoms with van der Waals surface area (Å²) in [6.45, 7) is 7.52. The van der Waals surface area contributed by atoms with Crippen molar-refractivity contribution in [3.05, 3.63) is 54.3 Å². The molecule has 1 aromatic heterocycles. The van der Waals surface area contributed by atoms with Gasteiger partial charge >= 0.3 is 0 Å². The molecule has 0 saturated carbocycles. The maximum absolute atomic E-state index is 14.1. The number of hydrogen-bond donors (Lipinski definition) is 0. The maximum atomic E-state index is 14.1. The highest BCUT2D eigenvalue weighted by Crippen LogP contribution is 2.30. The van der Waals surface area contributed by atoms with Crippen LogP contribution in [-0.2, 0) is 4.79 Å². The van der Waals surface area contributed by atoms with Gasteiger partial charge in [-0.2, -0.15) is 0 Å². The average Bonchev–Trinajstić information content (AvgIpc) is 3.17. The number of aromatic nitrogens is 1. The Morgan fingerprint density at radius 3 is 2.47 bits per heavy atom. The van der Waals surface area contributed by atoms with Crippen molar-refractivity contribution in [2.24, 2.45) is 0 Å². The molecule has 0 spiro atoms. The van der Waals surface area contributed by atoms with Gasteiger partial charge in [-0.3, -0.25) is 9.69 Å². The summed E-state index contributed by atoms with van der Waals surface area (Å²) < 4.78 is 20.5. The first-order chi connectivity index (χ1) is 14.1. The number of ether oxygens (including phenoxy) is 1. The van der Waals surface area contributed by atoms with Gasteiger partial charge in [0.2, 0.25) is 5.91 Å². The van der Waals surface area contributed by atoms with Crippen LogP contribution in [-0.4, -0.2) is 48.6 Å². The van der Waals surface area contributed by atoms with E-state index in [0.29, 0.717) is 17.2 Å². The SMILES string of the molecule is CCN(CC)CCN(C(=O)CCOc1ccccc1)c1nc2c(F)cccc2s1.Cl. The van der Waals surface area contributed by atoms with E-state index < -0.39 is 0 Å². The second-order valence-corrected chi connectivity index (χ2v) is 7.58. The summed E-state index contributed by atoms with van der Waals surface area (Å²) in [5.41, 5.74) is 0.314. The molecule has 1 amide bonds. The number of rotatable bonds is 10. The first-order valence-electron chi connectivity index (χ1n) is 9.88. The molecule has 1 heterocycles. The Kier molecular flexibility index (Phi) is 9.49. The van der Waals surface area contributed by atoms with Crippen LogP contribution in [0.1, 0.15) is 20.3 Å². The average molecular weight is 452 g/mol. The Labute approximate surface area is 186 Å². The molecule has 0 fully saturated rings. The van der Waals surface area contributed by atoms with Crippen molar-refractivity contribution in [3.63, 3.8) is 0 Å². The van der Waals surface area contributed by atoms with Crippen LogP contribution in [0.25, 0.3) is 10.2 Å². The Hall–Kier alpha value is -2.22. The molecule has 0 N–H and O–H groups in total. The van der Waals surface area contributed by atoms with E-state index in [1.165, 1.54) is 17.4 Å². The van der Waals surface area contributed by atoms with Gasteiger partial charge in [-0.05, 0) is 37.4 Å². The van der Waals surface area contributed by atoms with Gasteiger partial charge in [-0.1, -0.05) is 49.4 Å². The monoisotopic (exact) mass is 451 g/mol. The van der Waals surface area contributed by atoms with Gasteiger partial charge in [-0.25, -0.2) is 9.37 Å². The number of benzene rings is 2.